The molecule has 12 nitrogen and oxygen atoms in total. The van der Waals surface area contributed by atoms with Crippen molar-refractivity contribution in [1.29, 1.82) is 0 Å². The Labute approximate surface area is 260 Å². The zero-order valence-electron chi connectivity index (χ0n) is 19.6. The molecule has 1 saturated heterocycles. The number of hydrogen-bond acceptors (Lipinski definition) is 4. The third-order valence-electron chi connectivity index (χ3n) is 3.25. The zero-order chi connectivity index (χ0) is 29.5. The Morgan fingerprint density at radius 1 is 0.342 bits per heavy atom. The monoisotopic (exact) mass is 858 g/mol. The molecule has 0 aromatic carbocycles. The first kappa shape index (κ1) is 41.7. The third kappa shape index (κ3) is 39.7. The second-order valence-corrected chi connectivity index (χ2v) is 46.3. The van der Waals surface area contributed by atoms with E-state index in [2.05, 4.69) is 42.5 Å². The number of nitrogens with zero attached hydrogens (tertiary/aromatic N) is 8. The molecule has 0 aromatic rings. The van der Waals surface area contributed by atoms with Crippen molar-refractivity contribution in [3.8, 4) is 0 Å². The van der Waals surface area contributed by atoms with Crippen molar-refractivity contribution >= 4 is 97.1 Å². The van der Waals surface area contributed by atoms with E-state index in [-0.39, 0.29) is 26.2 Å². The van der Waals surface area contributed by atoms with E-state index in [9.17, 15) is 19.2 Å². The van der Waals surface area contributed by atoms with Crippen molar-refractivity contribution in [3.63, 3.8) is 0 Å². The van der Waals surface area contributed by atoms with Crippen molar-refractivity contribution in [2.45, 2.75) is 0 Å². The first-order valence-corrected chi connectivity index (χ1v) is 33.0. The molecular formula is C16H24Cl8N8Nb2O4-8. The van der Waals surface area contributed by atoms with Gasteiger partial charge < -0.3 is 61.7 Å². The van der Waals surface area contributed by atoms with Crippen molar-refractivity contribution < 1.29 is 44.8 Å². The summed E-state index contributed by atoms with van der Waals surface area (Å²) in [6.07, 6.45) is 0. The molecule has 1 aliphatic heterocycles. The van der Waals surface area contributed by atoms with Crippen LogP contribution < -0.4 is 0 Å². The zero-order valence-corrected chi connectivity index (χ0v) is 30.1. The number of rotatable bonds is 0. The molecule has 22 heteroatoms. The Balaban J connectivity index is 0. The molecule has 0 radical (unpaired) electrons. The average molecular weight is 862 g/mol. The van der Waals surface area contributed by atoms with E-state index in [4.69, 9.17) is 73.5 Å². The Bertz CT molecular complexity index is 581. The average Bonchev–Trinajstić information content (AvgIpc) is 2.78. The van der Waals surface area contributed by atoms with Crippen LogP contribution in [0, 0.1) is 0 Å². The van der Waals surface area contributed by atoms with E-state index in [1.165, 1.54) is 0 Å². The van der Waals surface area contributed by atoms with Gasteiger partial charge in [0.25, 0.3) is 0 Å². The molecule has 1 rings (SSSR count). The summed E-state index contributed by atoms with van der Waals surface area (Å²) < 4.78 is 0. The number of amides is 4. The molecule has 1 heterocycles. The van der Waals surface area contributed by atoms with E-state index in [1.807, 2.05) is 0 Å². The van der Waals surface area contributed by atoms with Crippen LogP contribution in [0.3, 0.4) is 0 Å². The second kappa shape index (κ2) is 26.2. The van der Waals surface area contributed by atoms with Crippen LogP contribution in [0.5, 0.6) is 0 Å². The van der Waals surface area contributed by atoms with E-state index in [1.54, 1.807) is 0 Å². The molecule has 1 fully saturated rings. The Hall–Kier alpha value is 1.52. The van der Waals surface area contributed by atoms with Gasteiger partial charge in [0.15, 0.2) is 0 Å². The molecule has 0 spiro atoms. The summed E-state index contributed by atoms with van der Waals surface area (Å²) in [5.41, 5.74) is 0. The van der Waals surface area contributed by atoms with Crippen molar-refractivity contribution in [2.24, 2.45) is 0 Å². The first-order chi connectivity index (χ1) is 17.6. The van der Waals surface area contributed by atoms with Gasteiger partial charge in [0.05, 0.1) is 23.6 Å². The molecular weight excluding hydrogens is 838 g/mol. The van der Waals surface area contributed by atoms with Crippen LogP contribution in [0.4, 0.5) is 0 Å². The van der Waals surface area contributed by atoms with Gasteiger partial charge in [-0.15, -0.1) is 26.2 Å². The molecule has 38 heavy (non-hydrogen) atoms. The molecule has 0 bridgehead atoms. The van der Waals surface area contributed by atoms with Gasteiger partial charge in [0.2, 0.25) is 0 Å². The van der Waals surface area contributed by atoms with Crippen LogP contribution in [0.1, 0.15) is 0 Å². The summed E-state index contributed by atoms with van der Waals surface area (Å²) in [5.74, 6) is -3.52. The van der Waals surface area contributed by atoms with Crippen LogP contribution in [0.2, 0.25) is 0 Å². The second-order valence-electron chi connectivity index (χ2n) is 6.20. The van der Waals surface area contributed by atoms with Gasteiger partial charge in [-0.1, -0.05) is 0 Å². The van der Waals surface area contributed by atoms with Crippen LogP contribution in [-0.2, 0) is 44.8 Å². The molecule has 1 aliphatic rings. The summed E-state index contributed by atoms with van der Waals surface area (Å²) in [6, 6.07) is 0. The minimum absolute atomic E-state index is 0.113. The number of hydrogen-bond donors (Lipinski definition) is 0. The quantitative estimate of drug-likeness (QED) is 0.197. The molecule has 0 aromatic heterocycles. The molecule has 0 unspecified atom stereocenters. The standard InChI is InChI=1S/C16H28N8O4.8ClH.2Nb/c25-13-14(26)23-11-7-19-3-4-20-8-12-24-16(28)15(27)22-10-6-18-2-1-17-5-9-21-13;;;;;;;;;;/h1-12H2,(H4,21,22,23,24,25,26,27,28);8*1H;;/q-4;;;;;;;;;2*+4/p-12. The van der Waals surface area contributed by atoms with E-state index < -0.39 is 49.2 Å². The van der Waals surface area contributed by atoms with Crippen LogP contribution in [0.25, 0.3) is 42.5 Å². The van der Waals surface area contributed by atoms with Gasteiger partial charge in [-0.05, 0) is 0 Å². The normalized spacial score (nSPS) is 18.9. The maximum absolute atomic E-state index is 11.5. The number of halogens is 8. The fourth-order valence-corrected chi connectivity index (χ4v) is 1.89. The predicted octanol–water partition coefficient (Wildman–Crippen LogP) is 6.61. The molecule has 0 atom stereocenters. The fourth-order valence-electron chi connectivity index (χ4n) is 1.89. The van der Waals surface area contributed by atoms with Gasteiger partial charge in [-0.2, -0.15) is 52.4 Å². The van der Waals surface area contributed by atoms with Crippen molar-refractivity contribution in [3.05, 3.63) is 42.5 Å². The predicted molar refractivity (Wildman–Crippen MR) is 152 cm³/mol. The van der Waals surface area contributed by atoms with Crippen molar-refractivity contribution in [2.75, 3.05) is 78.5 Å². The third-order valence-corrected chi connectivity index (χ3v) is 3.25. The first-order valence-electron chi connectivity index (χ1n) is 10.4. The van der Waals surface area contributed by atoms with Crippen LogP contribution in [0.15, 0.2) is 0 Å². The van der Waals surface area contributed by atoms with Gasteiger partial charge in [-0.3, -0.25) is 0 Å². The Morgan fingerprint density at radius 3 is 0.632 bits per heavy atom. The molecule has 0 saturated carbocycles. The van der Waals surface area contributed by atoms with E-state index in [0.717, 1.165) is 0 Å². The number of carbonyl (C=O) groups is 4. The summed E-state index contributed by atoms with van der Waals surface area (Å²) in [7, 11) is 40.2. The molecule has 226 valence electrons. The minimum atomic E-state index is -3.21. The topological polar surface area (TPSA) is 181 Å². The summed E-state index contributed by atoms with van der Waals surface area (Å²) in [4.78, 5) is 45.9. The maximum atomic E-state index is 11.5. The Morgan fingerprint density at radius 2 is 0.474 bits per heavy atom. The molecule has 0 aliphatic carbocycles. The van der Waals surface area contributed by atoms with Gasteiger partial charge >= 0.3 is 99.1 Å². The van der Waals surface area contributed by atoms with Gasteiger partial charge in [0.1, 0.15) is 0 Å². The SMILES string of the molecule is O=C1[N-]CC[N-]CC[N-]CC[N-]C(=O)C(=O)[N-]CC[N-]CC[N-]CC[N-]C1=O.[Cl][Nb]([Cl])([Cl])[Cl].[Cl][Nb]([Cl])([Cl])[Cl]. The summed E-state index contributed by atoms with van der Waals surface area (Å²) in [6.45, 7) is 3.34. The molecule has 4 amide bonds. The van der Waals surface area contributed by atoms with Gasteiger partial charge in [-0.25, -0.2) is 0 Å². The summed E-state index contributed by atoms with van der Waals surface area (Å²) >= 11 is -6.42. The van der Waals surface area contributed by atoms with Crippen LogP contribution >= 0.6 is 73.5 Å². The van der Waals surface area contributed by atoms with E-state index in [0.29, 0.717) is 52.4 Å². The Kier molecular flexibility index (Phi) is 28.7. The number of carbonyl (C=O) groups excluding carboxylic acids is 4. The molecule has 0 N–H and O–H groups in total. The van der Waals surface area contributed by atoms with Crippen molar-refractivity contribution in [1.82, 2.24) is 0 Å². The summed E-state index contributed by atoms with van der Waals surface area (Å²) in [5, 5.41) is 30.9. The van der Waals surface area contributed by atoms with Crippen LogP contribution in [-0.4, -0.2) is 102 Å². The van der Waals surface area contributed by atoms with Gasteiger partial charge in [0, 0.05) is 0 Å². The van der Waals surface area contributed by atoms with E-state index >= 15 is 0 Å². The fraction of sp³-hybridized carbons (Fsp3) is 0.750.